The maximum atomic E-state index is 4.41. The molecule has 1 rings (SSSR count). The number of nitrogens with zero attached hydrogens (tertiary/aromatic N) is 1. The lowest BCUT2D eigenvalue weighted by Gasteiger charge is -2.35. The molecule has 0 aromatic heterocycles. The standard InChI is InChI=1S/C19H33NS/c1-5-14-20(15-6-2)18-12-9-8-11-17(18)19(4,7-3)13-10-16-21/h8-9,11-12,21H,5-7,10,13-16H2,1-4H3. The monoisotopic (exact) mass is 307 g/mol. The first-order valence-corrected chi connectivity index (χ1v) is 9.21. The molecule has 0 spiro atoms. The first-order chi connectivity index (χ1) is 10.1. The Kier molecular flexibility index (Phi) is 8.24. The van der Waals surface area contributed by atoms with Crippen molar-refractivity contribution in [3.05, 3.63) is 29.8 Å². The van der Waals surface area contributed by atoms with E-state index in [2.05, 4.69) is 69.5 Å². The molecule has 0 aliphatic rings. The summed E-state index contributed by atoms with van der Waals surface area (Å²) in [5, 5.41) is 0. The number of benzene rings is 1. The van der Waals surface area contributed by atoms with Crippen LogP contribution in [0.3, 0.4) is 0 Å². The van der Waals surface area contributed by atoms with Crippen LogP contribution in [0.25, 0.3) is 0 Å². The minimum atomic E-state index is 0.263. The molecule has 1 atom stereocenters. The fraction of sp³-hybridized carbons (Fsp3) is 0.684. The zero-order valence-electron chi connectivity index (χ0n) is 14.4. The molecule has 1 nitrogen and oxygen atoms in total. The van der Waals surface area contributed by atoms with Crippen LogP contribution in [0.4, 0.5) is 5.69 Å². The van der Waals surface area contributed by atoms with Crippen molar-refractivity contribution in [2.45, 2.75) is 65.2 Å². The molecule has 0 fully saturated rings. The summed E-state index contributed by atoms with van der Waals surface area (Å²) in [5.74, 6) is 0.978. The van der Waals surface area contributed by atoms with Gasteiger partial charge in [-0.15, -0.1) is 0 Å². The summed E-state index contributed by atoms with van der Waals surface area (Å²) in [4.78, 5) is 2.57. The van der Waals surface area contributed by atoms with Gasteiger partial charge in [0.1, 0.15) is 0 Å². The van der Waals surface area contributed by atoms with Crippen LogP contribution in [0.5, 0.6) is 0 Å². The van der Waals surface area contributed by atoms with Gasteiger partial charge in [0.05, 0.1) is 0 Å². The molecule has 0 aliphatic carbocycles. The van der Waals surface area contributed by atoms with Crippen LogP contribution in [-0.4, -0.2) is 18.8 Å². The Morgan fingerprint density at radius 3 is 2.19 bits per heavy atom. The van der Waals surface area contributed by atoms with Crippen molar-refractivity contribution in [1.29, 1.82) is 0 Å². The number of anilines is 1. The second kappa shape index (κ2) is 9.40. The van der Waals surface area contributed by atoms with E-state index < -0.39 is 0 Å². The first kappa shape index (κ1) is 18.4. The Morgan fingerprint density at radius 1 is 1.05 bits per heavy atom. The summed E-state index contributed by atoms with van der Waals surface area (Å²) >= 11 is 4.41. The molecule has 120 valence electrons. The third-order valence-corrected chi connectivity index (χ3v) is 4.87. The highest BCUT2D eigenvalue weighted by atomic mass is 32.1. The second-order valence-corrected chi connectivity index (χ2v) is 6.69. The lowest BCUT2D eigenvalue weighted by molar-refractivity contribution is 0.415. The predicted molar refractivity (Wildman–Crippen MR) is 100.0 cm³/mol. The van der Waals surface area contributed by atoms with Gasteiger partial charge in [-0.2, -0.15) is 12.6 Å². The van der Waals surface area contributed by atoms with Gasteiger partial charge in [0.2, 0.25) is 0 Å². The maximum absolute atomic E-state index is 4.41. The van der Waals surface area contributed by atoms with Gasteiger partial charge in [-0.05, 0) is 54.9 Å². The normalized spacial score (nSPS) is 14.0. The summed E-state index contributed by atoms with van der Waals surface area (Å²) in [6, 6.07) is 9.04. The van der Waals surface area contributed by atoms with E-state index in [4.69, 9.17) is 0 Å². The number of para-hydroxylation sites is 1. The number of thiol groups is 1. The van der Waals surface area contributed by atoms with Crippen LogP contribution < -0.4 is 4.90 Å². The van der Waals surface area contributed by atoms with Crippen molar-refractivity contribution in [3.63, 3.8) is 0 Å². The lowest BCUT2D eigenvalue weighted by atomic mass is 9.75. The molecule has 0 heterocycles. The highest BCUT2D eigenvalue weighted by molar-refractivity contribution is 7.80. The molecule has 1 unspecified atom stereocenters. The van der Waals surface area contributed by atoms with Gasteiger partial charge >= 0.3 is 0 Å². The molecule has 0 radical (unpaired) electrons. The van der Waals surface area contributed by atoms with Crippen molar-refractivity contribution in [2.75, 3.05) is 23.7 Å². The molecule has 0 saturated heterocycles. The first-order valence-electron chi connectivity index (χ1n) is 8.58. The SMILES string of the molecule is CCCN(CCC)c1ccccc1C(C)(CC)CCCS. The summed E-state index contributed by atoms with van der Waals surface area (Å²) in [6.45, 7) is 11.6. The van der Waals surface area contributed by atoms with Gasteiger partial charge in [0.15, 0.2) is 0 Å². The third kappa shape index (κ3) is 4.95. The van der Waals surface area contributed by atoms with Crippen LogP contribution in [0.1, 0.15) is 65.4 Å². The smallest absolute Gasteiger partial charge is 0.0404 e. The van der Waals surface area contributed by atoms with Gasteiger partial charge in [-0.3, -0.25) is 0 Å². The summed E-state index contributed by atoms with van der Waals surface area (Å²) in [7, 11) is 0. The molecule has 1 aromatic carbocycles. The summed E-state index contributed by atoms with van der Waals surface area (Å²) < 4.78 is 0. The van der Waals surface area contributed by atoms with Crippen LogP contribution in [0, 0.1) is 0 Å². The van der Waals surface area contributed by atoms with Crippen LogP contribution in [0.15, 0.2) is 24.3 Å². The Balaban J connectivity index is 3.16. The molecule has 21 heavy (non-hydrogen) atoms. The minimum Gasteiger partial charge on any atom is -0.371 e. The van der Waals surface area contributed by atoms with E-state index in [0.29, 0.717) is 0 Å². The molecule has 0 saturated carbocycles. The quantitative estimate of drug-likeness (QED) is 0.543. The van der Waals surface area contributed by atoms with Gasteiger partial charge in [0.25, 0.3) is 0 Å². The van der Waals surface area contributed by atoms with Gasteiger partial charge in [-0.1, -0.05) is 45.9 Å². The molecule has 0 N–H and O–H groups in total. The van der Waals surface area contributed by atoms with E-state index in [-0.39, 0.29) is 5.41 Å². The zero-order chi connectivity index (χ0) is 15.7. The van der Waals surface area contributed by atoms with E-state index in [1.54, 1.807) is 0 Å². The van der Waals surface area contributed by atoms with Crippen molar-refractivity contribution in [2.24, 2.45) is 0 Å². The summed E-state index contributed by atoms with van der Waals surface area (Å²) in [5.41, 5.74) is 3.24. The molecular weight excluding hydrogens is 274 g/mol. The van der Waals surface area contributed by atoms with E-state index in [1.165, 1.54) is 43.4 Å². The van der Waals surface area contributed by atoms with Crippen molar-refractivity contribution < 1.29 is 0 Å². The second-order valence-electron chi connectivity index (χ2n) is 6.25. The number of hydrogen-bond acceptors (Lipinski definition) is 2. The Hall–Kier alpha value is -0.630. The summed E-state index contributed by atoms with van der Waals surface area (Å²) in [6.07, 6.45) is 5.99. The van der Waals surface area contributed by atoms with Crippen LogP contribution in [0.2, 0.25) is 0 Å². The van der Waals surface area contributed by atoms with Crippen molar-refractivity contribution in [1.82, 2.24) is 0 Å². The fourth-order valence-corrected chi connectivity index (χ4v) is 3.28. The van der Waals surface area contributed by atoms with E-state index >= 15 is 0 Å². The third-order valence-electron chi connectivity index (χ3n) is 4.55. The minimum absolute atomic E-state index is 0.263. The molecule has 0 aliphatic heterocycles. The van der Waals surface area contributed by atoms with Crippen molar-refractivity contribution in [3.8, 4) is 0 Å². The number of hydrogen-bond donors (Lipinski definition) is 1. The highest BCUT2D eigenvalue weighted by Gasteiger charge is 2.27. The molecule has 0 bridgehead atoms. The Morgan fingerprint density at radius 2 is 1.67 bits per heavy atom. The molecule has 2 heteroatoms. The number of rotatable bonds is 10. The predicted octanol–water partition coefficient (Wildman–Crippen LogP) is 5.69. The zero-order valence-corrected chi connectivity index (χ0v) is 15.3. The lowest BCUT2D eigenvalue weighted by Crippen LogP contribution is -2.30. The topological polar surface area (TPSA) is 3.24 Å². The Bertz CT molecular complexity index is 398. The highest BCUT2D eigenvalue weighted by Crippen LogP contribution is 2.38. The average molecular weight is 308 g/mol. The van der Waals surface area contributed by atoms with Gasteiger partial charge in [-0.25, -0.2) is 0 Å². The maximum Gasteiger partial charge on any atom is 0.0404 e. The average Bonchev–Trinajstić information content (AvgIpc) is 2.52. The Labute approximate surface area is 137 Å². The fourth-order valence-electron chi connectivity index (χ4n) is 3.12. The molecular formula is C19H33NS. The molecule has 0 amide bonds. The van der Waals surface area contributed by atoms with Crippen molar-refractivity contribution >= 4 is 18.3 Å². The van der Waals surface area contributed by atoms with Crippen LogP contribution >= 0.6 is 12.6 Å². The molecule has 1 aromatic rings. The van der Waals surface area contributed by atoms with Gasteiger partial charge < -0.3 is 4.90 Å². The van der Waals surface area contributed by atoms with Gasteiger partial charge in [0, 0.05) is 18.8 Å². The van der Waals surface area contributed by atoms with E-state index in [0.717, 1.165) is 18.8 Å². The van der Waals surface area contributed by atoms with E-state index in [1.807, 2.05) is 0 Å². The van der Waals surface area contributed by atoms with Crippen LogP contribution in [-0.2, 0) is 5.41 Å². The largest absolute Gasteiger partial charge is 0.371 e. The van der Waals surface area contributed by atoms with E-state index in [9.17, 15) is 0 Å².